The molecule has 0 aromatic heterocycles. The molecule has 1 fully saturated rings. The number of hydrogen-bond donors (Lipinski definition) is 2. The van der Waals surface area contributed by atoms with Crippen LogP contribution in [-0.2, 0) is 4.79 Å². The lowest BCUT2D eigenvalue weighted by Crippen LogP contribution is -2.43. The highest BCUT2D eigenvalue weighted by molar-refractivity contribution is 5.78. The van der Waals surface area contributed by atoms with Gasteiger partial charge in [0.25, 0.3) is 0 Å². The van der Waals surface area contributed by atoms with Gasteiger partial charge in [0.1, 0.15) is 0 Å². The summed E-state index contributed by atoms with van der Waals surface area (Å²) < 4.78 is 0. The minimum Gasteiger partial charge on any atom is -0.356 e. The third-order valence-electron chi connectivity index (χ3n) is 3.61. The highest BCUT2D eigenvalue weighted by atomic mass is 16.1. The van der Waals surface area contributed by atoms with Crippen molar-refractivity contribution in [3.05, 3.63) is 0 Å². The van der Waals surface area contributed by atoms with Gasteiger partial charge in [-0.25, -0.2) is 0 Å². The zero-order chi connectivity index (χ0) is 14.7. The van der Waals surface area contributed by atoms with Crippen molar-refractivity contribution < 1.29 is 4.79 Å². The van der Waals surface area contributed by atoms with Crippen LogP contribution in [0.5, 0.6) is 0 Å². The summed E-state index contributed by atoms with van der Waals surface area (Å²) in [5, 5.41) is 6.70. The van der Waals surface area contributed by atoms with Crippen molar-refractivity contribution in [2.75, 3.05) is 6.54 Å². The fourth-order valence-corrected chi connectivity index (χ4v) is 2.67. The number of amides is 1. The average Bonchev–Trinajstić information content (AvgIpc) is 2.61. The molecule has 1 saturated carbocycles. The summed E-state index contributed by atoms with van der Waals surface area (Å²) >= 11 is 0. The van der Waals surface area contributed by atoms with Crippen molar-refractivity contribution in [2.24, 2.45) is 11.3 Å². The first-order valence-electron chi connectivity index (χ1n) is 7.62. The van der Waals surface area contributed by atoms with Crippen LogP contribution >= 0.6 is 0 Å². The van der Waals surface area contributed by atoms with Gasteiger partial charge in [0.05, 0.1) is 0 Å². The molecule has 0 unspecified atom stereocenters. The van der Waals surface area contributed by atoms with Gasteiger partial charge in [-0.15, -0.1) is 0 Å². The zero-order valence-corrected chi connectivity index (χ0v) is 13.6. The van der Waals surface area contributed by atoms with Gasteiger partial charge in [0.2, 0.25) is 5.91 Å². The molecule has 1 aliphatic rings. The topological polar surface area (TPSA) is 41.1 Å². The molecule has 3 heteroatoms. The second kappa shape index (κ2) is 6.25. The summed E-state index contributed by atoms with van der Waals surface area (Å²) in [6.45, 7) is 14.0. The normalized spacial score (nSPS) is 24.5. The SMILES string of the molecule is CC(C)(C)CCNC(=O)[C@@H]1CC[C@@H](NC(C)(C)C)C1. The van der Waals surface area contributed by atoms with Crippen LogP contribution in [0.3, 0.4) is 0 Å². The minimum atomic E-state index is 0.141. The second-order valence-electron chi connectivity index (χ2n) is 8.20. The summed E-state index contributed by atoms with van der Waals surface area (Å²) in [6.07, 6.45) is 4.16. The summed E-state index contributed by atoms with van der Waals surface area (Å²) in [5.41, 5.74) is 0.432. The summed E-state index contributed by atoms with van der Waals surface area (Å²) in [7, 11) is 0. The van der Waals surface area contributed by atoms with Crippen LogP contribution in [0.4, 0.5) is 0 Å². The molecule has 112 valence electrons. The van der Waals surface area contributed by atoms with Gasteiger partial charge >= 0.3 is 0 Å². The molecule has 1 aliphatic carbocycles. The molecule has 0 bridgehead atoms. The Balaban J connectivity index is 2.28. The Morgan fingerprint density at radius 3 is 2.26 bits per heavy atom. The Morgan fingerprint density at radius 1 is 1.11 bits per heavy atom. The van der Waals surface area contributed by atoms with E-state index < -0.39 is 0 Å². The molecule has 0 aromatic carbocycles. The van der Waals surface area contributed by atoms with Crippen LogP contribution in [0.15, 0.2) is 0 Å². The molecule has 0 saturated heterocycles. The second-order valence-corrected chi connectivity index (χ2v) is 8.20. The number of carbonyl (C=O) groups is 1. The highest BCUT2D eigenvalue weighted by Crippen LogP contribution is 2.27. The Bertz CT molecular complexity index is 299. The van der Waals surface area contributed by atoms with E-state index in [0.29, 0.717) is 11.5 Å². The van der Waals surface area contributed by atoms with Gasteiger partial charge in [0.15, 0.2) is 0 Å². The molecular weight excluding hydrogens is 236 g/mol. The van der Waals surface area contributed by atoms with Gasteiger partial charge < -0.3 is 10.6 Å². The number of rotatable bonds is 4. The maximum Gasteiger partial charge on any atom is 0.223 e. The van der Waals surface area contributed by atoms with Crippen molar-refractivity contribution in [3.63, 3.8) is 0 Å². The third kappa shape index (κ3) is 6.95. The van der Waals surface area contributed by atoms with E-state index in [-0.39, 0.29) is 17.4 Å². The van der Waals surface area contributed by atoms with E-state index in [1.54, 1.807) is 0 Å². The van der Waals surface area contributed by atoms with Crippen molar-refractivity contribution in [1.82, 2.24) is 10.6 Å². The average molecular weight is 268 g/mol. The number of carbonyl (C=O) groups excluding carboxylic acids is 1. The zero-order valence-electron chi connectivity index (χ0n) is 13.6. The number of nitrogens with one attached hydrogen (secondary N) is 2. The fourth-order valence-electron chi connectivity index (χ4n) is 2.67. The van der Waals surface area contributed by atoms with Crippen LogP contribution in [0.2, 0.25) is 0 Å². The van der Waals surface area contributed by atoms with Gasteiger partial charge in [-0.05, 0) is 51.9 Å². The lowest BCUT2D eigenvalue weighted by atomic mass is 9.92. The molecule has 3 nitrogen and oxygen atoms in total. The largest absolute Gasteiger partial charge is 0.356 e. The van der Waals surface area contributed by atoms with Crippen molar-refractivity contribution in [1.29, 1.82) is 0 Å². The lowest BCUT2D eigenvalue weighted by molar-refractivity contribution is -0.124. The Hall–Kier alpha value is -0.570. The van der Waals surface area contributed by atoms with E-state index in [1.807, 2.05) is 0 Å². The van der Waals surface area contributed by atoms with Crippen LogP contribution in [0.25, 0.3) is 0 Å². The third-order valence-corrected chi connectivity index (χ3v) is 3.61. The summed E-state index contributed by atoms with van der Waals surface area (Å²) in [6, 6.07) is 0.498. The first-order valence-corrected chi connectivity index (χ1v) is 7.62. The summed E-state index contributed by atoms with van der Waals surface area (Å²) in [5.74, 6) is 0.460. The monoisotopic (exact) mass is 268 g/mol. The fraction of sp³-hybridized carbons (Fsp3) is 0.938. The predicted octanol–water partition coefficient (Wildman–Crippen LogP) is 3.10. The smallest absolute Gasteiger partial charge is 0.223 e. The van der Waals surface area contributed by atoms with E-state index in [2.05, 4.69) is 52.2 Å². The van der Waals surface area contributed by atoms with Crippen LogP contribution in [0, 0.1) is 11.3 Å². The van der Waals surface area contributed by atoms with Gasteiger partial charge in [-0.2, -0.15) is 0 Å². The van der Waals surface area contributed by atoms with E-state index in [0.717, 1.165) is 32.2 Å². The van der Waals surface area contributed by atoms with Crippen LogP contribution in [0.1, 0.15) is 67.2 Å². The van der Waals surface area contributed by atoms with Crippen LogP contribution < -0.4 is 10.6 Å². The molecule has 0 spiro atoms. The maximum atomic E-state index is 12.1. The molecule has 1 rings (SSSR count). The maximum absolute atomic E-state index is 12.1. The predicted molar refractivity (Wildman–Crippen MR) is 81.1 cm³/mol. The Kier molecular flexibility index (Phi) is 5.43. The van der Waals surface area contributed by atoms with E-state index >= 15 is 0 Å². The minimum absolute atomic E-state index is 0.141. The van der Waals surface area contributed by atoms with Gasteiger partial charge in [-0.3, -0.25) is 4.79 Å². The Labute approximate surface area is 118 Å². The van der Waals surface area contributed by atoms with E-state index in [9.17, 15) is 4.79 Å². The standard InChI is InChI=1S/C16H32N2O/c1-15(2,3)9-10-17-14(19)12-7-8-13(11-12)18-16(4,5)6/h12-13,18H,7-11H2,1-6H3,(H,17,19)/t12-,13-/m1/s1. The molecule has 0 aromatic rings. The van der Waals surface area contributed by atoms with E-state index in [4.69, 9.17) is 0 Å². The van der Waals surface area contributed by atoms with Crippen LogP contribution in [-0.4, -0.2) is 24.0 Å². The molecule has 2 N–H and O–H groups in total. The molecule has 19 heavy (non-hydrogen) atoms. The molecule has 1 amide bonds. The molecule has 0 aliphatic heterocycles. The molecule has 0 radical (unpaired) electrons. The molecule has 0 heterocycles. The van der Waals surface area contributed by atoms with Crippen molar-refractivity contribution >= 4 is 5.91 Å². The van der Waals surface area contributed by atoms with Gasteiger partial charge in [-0.1, -0.05) is 20.8 Å². The van der Waals surface area contributed by atoms with E-state index in [1.165, 1.54) is 0 Å². The van der Waals surface area contributed by atoms with Gasteiger partial charge in [0, 0.05) is 24.0 Å². The quantitative estimate of drug-likeness (QED) is 0.822. The molecular formula is C16H32N2O. The first kappa shape index (κ1) is 16.5. The summed E-state index contributed by atoms with van der Waals surface area (Å²) in [4.78, 5) is 12.1. The number of hydrogen-bond acceptors (Lipinski definition) is 2. The lowest BCUT2D eigenvalue weighted by Gasteiger charge is -2.26. The van der Waals surface area contributed by atoms with Crippen molar-refractivity contribution in [3.8, 4) is 0 Å². The molecule has 2 atom stereocenters. The van der Waals surface area contributed by atoms with Crippen molar-refractivity contribution in [2.45, 2.75) is 78.8 Å². The Morgan fingerprint density at radius 2 is 1.74 bits per heavy atom. The first-order chi connectivity index (χ1) is 8.57. The highest BCUT2D eigenvalue weighted by Gasteiger charge is 2.31.